The predicted octanol–water partition coefficient (Wildman–Crippen LogP) is 0.740. The van der Waals surface area contributed by atoms with Crippen LogP contribution in [0.1, 0.15) is 22.8 Å². The molecule has 0 spiro atoms. The summed E-state index contributed by atoms with van der Waals surface area (Å²) in [5.74, 6) is -1.25. The van der Waals surface area contributed by atoms with Crippen LogP contribution in [-0.2, 0) is 11.2 Å². The average Bonchev–Trinajstić information content (AvgIpc) is 2.29. The summed E-state index contributed by atoms with van der Waals surface area (Å²) in [7, 11) is 0. The Morgan fingerprint density at radius 1 is 1.53 bits per heavy atom. The van der Waals surface area contributed by atoms with Crippen LogP contribution in [-0.4, -0.2) is 34.5 Å². The number of anilines is 1. The Balaban J connectivity index is 2.35. The number of rotatable bonds is 2. The molecule has 1 aromatic rings. The topological polar surface area (TPSA) is 83.6 Å². The minimum absolute atomic E-state index is 0.256. The first-order chi connectivity index (χ1) is 8.00. The number of amides is 1. The molecular formula is C12H14N2O3. The van der Waals surface area contributed by atoms with Gasteiger partial charge in [-0.1, -0.05) is 6.07 Å². The van der Waals surface area contributed by atoms with Crippen LogP contribution in [0.5, 0.6) is 0 Å². The SMILES string of the molecule is CC(C(=O)O)N1CCc2ccc(N)cc2C1=O. The molecular weight excluding hydrogens is 220 g/mol. The monoisotopic (exact) mass is 234 g/mol. The third kappa shape index (κ3) is 1.95. The average molecular weight is 234 g/mol. The Morgan fingerprint density at radius 3 is 2.88 bits per heavy atom. The molecule has 0 saturated heterocycles. The van der Waals surface area contributed by atoms with Crippen LogP contribution in [0.3, 0.4) is 0 Å². The minimum Gasteiger partial charge on any atom is -0.480 e. The molecule has 1 aromatic carbocycles. The minimum atomic E-state index is -0.995. The van der Waals surface area contributed by atoms with E-state index in [1.54, 1.807) is 12.1 Å². The van der Waals surface area contributed by atoms with E-state index < -0.39 is 12.0 Å². The van der Waals surface area contributed by atoms with Crippen LogP contribution in [0.15, 0.2) is 18.2 Å². The molecule has 0 bridgehead atoms. The van der Waals surface area contributed by atoms with Crippen molar-refractivity contribution < 1.29 is 14.7 Å². The van der Waals surface area contributed by atoms with E-state index in [2.05, 4.69) is 0 Å². The number of nitrogens with zero attached hydrogens (tertiary/aromatic N) is 1. The maximum atomic E-state index is 12.1. The fourth-order valence-electron chi connectivity index (χ4n) is 2.01. The maximum absolute atomic E-state index is 12.1. The van der Waals surface area contributed by atoms with Crippen molar-refractivity contribution in [1.82, 2.24) is 4.90 Å². The van der Waals surface area contributed by atoms with Gasteiger partial charge in [0.25, 0.3) is 5.91 Å². The normalized spacial score (nSPS) is 16.5. The van der Waals surface area contributed by atoms with Gasteiger partial charge < -0.3 is 15.7 Å². The number of carboxylic acids is 1. The Labute approximate surface area is 98.8 Å². The van der Waals surface area contributed by atoms with E-state index in [1.165, 1.54) is 11.8 Å². The molecule has 5 nitrogen and oxygen atoms in total. The summed E-state index contributed by atoms with van der Waals surface area (Å²) in [6, 6.07) is 4.38. The number of nitrogen functional groups attached to an aromatic ring is 1. The molecule has 2 rings (SSSR count). The van der Waals surface area contributed by atoms with Crippen LogP contribution in [0, 0.1) is 0 Å². The Bertz CT molecular complexity index is 485. The molecule has 1 unspecified atom stereocenters. The van der Waals surface area contributed by atoms with Gasteiger partial charge in [0.15, 0.2) is 0 Å². The molecule has 1 heterocycles. The number of hydrogen-bond acceptors (Lipinski definition) is 3. The van der Waals surface area contributed by atoms with E-state index in [-0.39, 0.29) is 5.91 Å². The number of carbonyl (C=O) groups is 2. The Hall–Kier alpha value is -2.04. The van der Waals surface area contributed by atoms with Crippen molar-refractivity contribution in [2.45, 2.75) is 19.4 Å². The molecule has 0 aromatic heterocycles. The zero-order chi connectivity index (χ0) is 12.6. The van der Waals surface area contributed by atoms with E-state index in [0.717, 1.165) is 5.56 Å². The van der Waals surface area contributed by atoms with Gasteiger partial charge in [-0.05, 0) is 31.0 Å². The van der Waals surface area contributed by atoms with E-state index >= 15 is 0 Å². The molecule has 3 N–H and O–H groups in total. The summed E-state index contributed by atoms with van der Waals surface area (Å²) >= 11 is 0. The zero-order valence-electron chi connectivity index (χ0n) is 9.51. The molecule has 90 valence electrons. The summed E-state index contributed by atoms with van der Waals surface area (Å²) < 4.78 is 0. The summed E-state index contributed by atoms with van der Waals surface area (Å²) in [4.78, 5) is 24.4. The van der Waals surface area contributed by atoms with Crippen LogP contribution in [0.25, 0.3) is 0 Å². The molecule has 1 aliphatic heterocycles. The number of fused-ring (bicyclic) bond motifs is 1. The van der Waals surface area contributed by atoms with E-state index in [9.17, 15) is 9.59 Å². The number of nitrogens with two attached hydrogens (primary N) is 1. The smallest absolute Gasteiger partial charge is 0.326 e. The number of aliphatic carboxylic acids is 1. The van der Waals surface area contributed by atoms with E-state index in [4.69, 9.17) is 10.8 Å². The second kappa shape index (κ2) is 4.08. The van der Waals surface area contributed by atoms with Gasteiger partial charge in [-0.15, -0.1) is 0 Å². The molecule has 5 heteroatoms. The zero-order valence-corrected chi connectivity index (χ0v) is 9.51. The van der Waals surface area contributed by atoms with Gasteiger partial charge in [-0.2, -0.15) is 0 Å². The fourth-order valence-corrected chi connectivity index (χ4v) is 2.01. The molecule has 0 saturated carbocycles. The lowest BCUT2D eigenvalue weighted by atomic mass is 9.97. The number of carboxylic acid groups (broad SMARTS) is 1. The Morgan fingerprint density at radius 2 is 2.24 bits per heavy atom. The van der Waals surface area contributed by atoms with Crippen LogP contribution >= 0.6 is 0 Å². The number of benzene rings is 1. The summed E-state index contributed by atoms with van der Waals surface area (Å²) in [5.41, 5.74) is 7.60. The van der Waals surface area contributed by atoms with E-state index in [0.29, 0.717) is 24.2 Å². The van der Waals surface area contributed by atoms with Crippen molar-refractivity contribution in [3.63, 3.8) is 0 Å². The molecule has 1 atom stereocenters. The second-order valence-corrected chi connectivity index (χ2v) is 4.18. The largest absolute Gasteiger partial charge is 0.480 e. The van der Waals surface area contributed by atoms with Crippen LogP contribution in [0.4, 0.5) is 5.69 Å². The highest BCUT2D eigenvalue weighted by Crippen LogP contribution is 2.22. The van der Waals surface area contributed by atoms with Crippen molar-refractivity contribution in [2.75, 3.05) is 12.3 Å². The second-order valence-electron chi connectivity index (χ2n) is 4.18. The van der Waals surface area contributed by atoms with Crippen molar-refractivity contribution in [3.8, 4) is 0 Å². The van der Waals surface area contributed by atoms with Gasteiger partial charge in [-0.25, -0.2) is 4.79 Å². The molecule has 17 heavy (non-hydrogen) atoms. The Kier molecular flexibility index (Phi) is 2.75. The number of carbonyl (C=O) groups excluding carboxylic acids is 1. The lowest BCUT2D eigenvalue weighted by molar-refractivity contribution is -0.141. The van der Waals surface area contributed by atoms with Gasteiger partial charge in [0, 0.05) is 17.8 Å². The first-order valence-corrected chi connectivity index (χ1v) is 5.43. The molecule has 1 aliphatic rings. The highest BCUT2D eigenvalue weighted by molar-refractivity contribution is 5.99. The fraction of sp³-hybridized carbons (Fsp3) is 0.333. The van der Waals surface area contributed by atoms with Crippen molar-refractivity contribution in [1.29, 1.82) is 0 Å². The van der Waals surface area contributed by atoms with Gasteiger partial charge >= 0.3 is 5.97 Å². The standard InChI is InChI=1S/C12H14N2O3/c1-7(12(16)17)14-5-4-8-2-3-9(13)6-10(8)11(14)15/h2-3,6-7H,4-5,13H2,1H3,(H,16,17). The van der Waals surface area contributed by atoms with Crippen molar-refractivity contribution in [3.05, 3.63) is 29.3 Å². The van der Waals surface area contributed by atoms with Gasteiger partial charge in [0.05, 0.1) is 0 Å². The van der Waals surface area contributed by atoms with Gasteiger partial charge in [0.1, 0.15) is 6.04 Å². The lowest BCUT2D eigenvalue weighted by Crippen LogP contribution is -2.46. The molecule has 1 amide bonds. The highest BCUT2D eigenvalue weighted by Gasteiger charge is 2.30. The van der Waals surface area contributed by atoms with Gasteiger partial charge in [0.2, 0.25) is 0 Å². The summed E-state index contributed by atoms with van der Waals surface area (Å²) in [6.45, 7) is 1.95. The third-order valence-corrected chi connectivity index (χ3v) is 3.07. The third-order valence-electron chi connectivity index (χ3n) is 3.07. The first kappa shape index (κ1) is 11.4. The summed E-state index contributed by atoms with van der Waals surface area (Å²) in [5, 5.41) is 8.94. The quantitative estimate of drug-likeness (QED) is 0.739. The highest BCUT2D eigenvalue weighted by atomic mass is 16.4. The van der Waals surface area contributed by atoms with Crippen LogP contribution < -0.4 is 5.73 Å². The van der Waals surface area contributed by atoms with Crippen molar-refractivity contribution in [2.24, 2.45) is 0 Å². The predicted molar refractivity (Wildman–Crippen MR) is 62.7 cm³/mol. The number of hydrogen-bond donors (Lipinski definition) is 2. The van der Waals surface area contributed by atoms with E-state index in [1.807, 2.05) is 6.07 Å². The molecule has 0 fully saturated rings. The maximum Gasteiger partial charge on any atom is 0.326 e. The first-order valence-electron chi connectivity index (χ1n) is 5.43. The molecule has 0 aliphatic carbocycles. The van der Waals surface area contributed by atoms with Gasteiger partial charge in [-0.3, -0.25) is 4.79 Å². The lowest BCUT2D eigenvalue weighted by Gasteiger charge is -2.31. The summed E-state index contributed by atoms with van der Waals surface area (Å²) in [6.07, 6.45) is 0.666. The van der Waals surface area contributed by atoms with Crippen LogP contribution in [0.2, 0.25) is 0 Å². The van der Waals surface area contributed by atoms with Crippen molar-refractivity contribution >= 4 is 17.6 Å². The molecule has 0 radical (unpaired) electrons.